The molecule has 2 rings (SSSR count). The molecule has 90 valence electrons. The minimum absolute atomic E-state index is 0.626. The van der Waals surface area contributed by atoms with Crippen molar-refractivity contribution in [3.8, 4) is 0 Å². The van der Waals surface area contributed by atoms with Gasteiger partial charge in [-0.2, -0.15) is 0 Å². The molecular formula is C13H16N2O2. The molecule has 4 nitrogen and oxygen atoms in total. The fraction of sp³-hybridized carbons (Fsp3) is 0.308. The first-order valence-corrected chi connectivity index (χ1v) is 5.61. The zero-order chi connectivity index (χ0) is 12.6. The Morgan fingerprint density at radius 3 is 2.76 bits per heavy atom. The molecule has 1 unspecified atom stereocenters. The van der Waals surface area contributed by atoms with Crippen LogP contribution in [0.1, 0.15) is 24.2 Å². The summed E-state index contributed by atoms with van der Waals surface area (Å²) in [4.78, 5) is 10.9. The fourth-order valence-corrected chi connectivity index (χ4v) is 2.07. The van der Waals surface area contributed by atoms with Crippen molar-refractivity contribution in [2.24, 2.45) is 12.8 Å². The van der Waals surface area contributed by atoms with Crippen LogP contribution in [0.5, 0.6) is 0 Å². The molecule has 0 saturated heterocycles. The molecule has 0 aliphatic carbocycles. The quantitative estimate of drug-likeness (QED) is 0.848. The highest BCUT2D eigenvalue weighted by Gasteiger charge is 2.19. The Morgan fingerprint density at radius 2 is 2.18 bits per heavy atom. The number of fused-ring (bicyclic) bond motifs is 1. The molecule has 0 saturated carbocycles. The van der Waals surface area contributed by atoms with Gasteiger partial charge in [0.2, 0.25) is 0 Å². The predicted octanol–water partition coefficient (Wildman–Crippen LogP) is 1.83. The van der Waals surface area contributed by atoms with Crippen molar-refractivity contribution in [3.05, 3.63) is 35.5 Å². The topological polar surface area (TPSA) is 68.2 Å². The molecule has 1 heterocycles. The molecule has 0 radical (unpaired) electrons. The smallest absolute Gasteiger partial charge is 0.326 e. The maximum absolute atomic E-state index is 10.9. The lowest BCUT2D eigenvalue weighted by Crippen LogP contribution is -2.22. The van der Waals surface area contributed by atoms with E-state index in [9.17, 15) is 4.79 Å². The lowest BCUT2D eigenvalue weighted by atomic mass is 10.1. The van der Waals surface area contributed by atoms with E-state index in [1.54, 1.807) is 0 Å². The normalized spacial score (nSPS) is 12.9. The van der Waals surface area contributed by atoms with E-state index in [4.69, 9.17) is 10.8 Å². The van der Waals surface area contributed by atoms with Crippen LogP contribution in [0.2, 0.25) is 0 Å². The summed E-state index contributed by atoms with van der Waals surface area (Å²) in [5, 5.41) is 9.99. The van der Waals surface area contributed by atoms with Gasteiger partial charge in [0, 0.05) is 23.6 Å². The lowest BCUT2D eigenvalue weighted by Gasteiger charge is -2.08. The minimum Gasteiger partial charge on any atom is -0.480 e. The van der Waals surface area contributed by atoms with E-state index in [0.717, 1.165) is 17.3 Å². The van der Waals surface area contributed by atoms with Crippen LogP contribution >= 0.6 is 0 Å². The molecule has 1 atom stereocenters. The second-order valence-electron chi connectivity index (χ2n) is 4.19. The summed E-state index contributed by atoms with van der Waals surface area (Å²) in [5.41, 5.74) is 8.52. The van der Waals surface area contributed by atoms with Gasteiger partial charge in [-0.05, 0) is 30.2 Å². The van der Waals surface area contributed by atoms with Crippen LogP contribution in [-0.2, 0) is 18.3 Å². The van der Waals surface area contributed by atoms with E-state index in [1.165, 1.54) is 5.56 Å². The molecule has 0 aliphatic rings. The summed E-state index contributed by atoms with van der Waals surface area (Å²) in [6.07, 6.45) is 0.963. The standard InChI is InChI=1S/C13H16N2O2/c1-3-8-4-5-10-9(6-8)7-11(15(10)2)12(14)13(16)17/h4-7,12H,3,14H2,1-2H3,(H,16,17). The number of hydrogen-bond acceptors (Lipinski definition) is 2. The van der Waals surface area contributed by atoms with Gasteiger partial charge < -0.3 is 15.4 Å². The third-order valence-corrected chi connectivity index (χ3v) is 3.14. The van der Waals surface area contributed by atoms with Crippen LogP contribution in [0.4, 0.5) is 0 Å². The Morgan fingerprint density at radius 1 is 1.47 bits per heavy atom. The second-order valence-corrected chi connectivity index (χ2v) is 4.19. The molecule has 4 heteroatoms. The van der Waals surface area contributed by atoms with Gasteiger partial charge >= 0.3 is 5.97 Å². The van der Waals surface area contributed by atoms with Gasteiger partial charge in [-0.25, -0.2) is 0 Å². The number of rotatable bonds is 3. The van der Waals surface area contributed by atoms with E-state index in [0.29, 0.717) is 5.69 Å². The molecular weight excluding hydrogens is 216 g/mol. The summed E-state index contributed by atoms with van der Waals surface area (Å²) in [5.74, 6) is -1.01. The van der Waals surface area contributed by atoms with Crippen LogP contribution in [0, 0.1) is 0 Å². The maximum atomic E-state index is 10.9. The first-order valence-electron chi connectivity index (χ1n) is 5.61. The average Bonchev–Trinajstić information content (AvgIpc) is 2.65. The van der Waals surface area contributed by atoms with Crippen molar-refractivity contribution in [1.29, 1.82) is 0 Å². The van der Waals surface area contributed by atoms with Crippen LogP contribution in [0.25, 0.3) is 10.9 Å². The number of benzene rings is 1. The number of nitrogens with zero attached hydrogens (tertiary/aromatic N) is 1. The Hall–Kier alpha value is -1.81. The third kappa shape index (κ3) is 1.91. The molecule has 3 N–H and O–H groups in total. The van der Waals surface area contributed by atoms with Crippen molar-refractivity contribution < 1.29 is 9.90 Å². The average molecular weight is 232 g/mol. The zero-order valence-corrected chi connectivity index (χ0v) is 9.97. The number of carbonyl (C=O) groups is 1. The highest BCUT2D eigenvalue weighted by atomic mass is 16.4. The Labute approximate surface area is 99.7 Å². The largest absolute Gasteiger partial charge is 0.480 e. The van der Waals surface area contributed by atoms with E-state index in [-0.39, 0.29) is 0 Å². The number of aliphatic carboxylic acids is 1. The molecule has 1 aromatic carbocycles. The number of aryl methyl sites for hydroxylation is 2. The van der Waals surface area contributed by atoms with Gasteiger partial charge in [-0.3, -0.25) is 4.79 Å². The number of hydrogen-bond donors (Lipinski definition) is 2. The van der Waals surface area contributed by atoms with Crippen LogP contribution in [-0.4, -0.2) is 15.6 Å². The zero-order valence-electron chi connectivity index (χ0n) is 9.97. The van der Waals surface area contributed by atoms with Gasteiger partial charge in [0.25, 0.3) is 0 Å². The second kappa shape index (κ2) is 4.22. The summed E-state index contributed by atoms with van der Waals surface area (Å²) in [6.45, 7) is 2.09. The van der Waals surface area contributed by atoms with Gasteiger partial charge in [0.1, 0.15) is 6.04 Å². The Kier molecular flexibility index (Phi) is 2.90. The summed E-state index contributed by atoms with van der Waals surface area (Å²) >= 11 is 0. The monoisotopic (exact) mass is 232 g/mol. The lowest BCUT2D eigenvalue weighted by molar-refractivity contribution is -0.138. The van der Waals surface area contributed by atoms with Crippen molar-refractivity contribution in [2.45, 2.75) is 19.4 Å². The van der Waals surface area contributed by atoms with Gasteiger partial charge in [-0.15, -0.1) is 0 Å². The molecule has 0 amide bonds. The summed E-state index contributed by atoms with van der Waals surface area (Å²) < 4.78 is 1.84. The minimum atomic E-state index is -1.01. The van der Waals surface area contributed by atoms with E-state index >= 15 is 0 Å². The molecule has 0 bridgehead atoms. The summed E-state index contributed by atoms with van der Waals surface area (Å²) in [6, 6.07) is 7.02. The van der Waals surface area contributed by atoms with Gasteiger partial charge in [-0.1, -0.05) is 13.0 Å². The van der Waals surface area contributed by atoms with Crippen molar-refractivity contribution in [3.63, 3.8) is 0 Å². The van der Waals surface area contributed by atoms with E-state index < -0.39 is 12.0 Å². The highest BCUT2D eigenvalue weighted by molar-refractivity contribution is 5.85. The molecule has 17 heavy (non-hydrogen) atoms. The van der Waals surface area contributed by atoms with Crippen molar-refractivity contribution in [2.75, 3.05) is 0 Å². The first kappa shape index (κ1) is 11.7. The number of aromatic nitrogens is 1. The Balaban J connectivity index is 2.59. The van der Waals surface area contributed by atoms with Crippen LogP contribution in [0.3, 0.4) is 0 Å². The van der Waals surface area contributed by atoms with Gasteiger partial charge in [0.05, 0.1) is 0 Å². The molecule has 2 aromatic rings. The van der Waals surface area contributed by atoms with Crippen LogP contribution < -0.4 is 5.73 Å². The summed E-state index contributed by atoms with van der Waals surface area (Å²) in [7, 11) is 1.84. The molecule has 0 spiro atoms. The molecule has 0 fully saturated rings. The van der Waals surface area contributed by atoms with Gasteiger partial charge in [0.15, 0.2) is 0 Å². The number of carboxylic acid groups (broad SMARTS) is 1. The third-order valence-electron chi connectivity index (χ3n) is 3.14. The molecule has 0 aliphatic heterocycles. The highest BCUT2D eigenvalue weighted by Crippen LogP contribution is 2.23. The SMILES string of the molecule is CCc1ccc2c(c1)cc(C(N)C(=O)O)n2C. The van der Waals surface area contributed by atoms with E-state index in [1.807, 2.05) is 23.7 Å². The first-order chi connectivity index (χ1) is 8.04. The maximum Gasteiger partial charge on any atom is 0.326 e. The molecule has 1 aromatic heterocycles. The van der Waals surface area contributed by atoms with E-state index in [2.05, 4.69) is 19.1 Å². The number of carboxylic acids is 1. The number of nitrogens with two attached hydrogens (primary N) is 1. The van der Waals surface area contributed by atoms with Crippen molar-refractivity contribution in [1.82, 2.24) is 4.57 Å². The fourth-order valence-electron chi connectivity index (χ4n) is 2.07. The van der Waals surface area contributed by atoms with Crippen molar-refractivity contribution >= 4 is 16.9 Å². The Bertz CT molecular complexity index is 572. The van der Waals surface area contributed by atoms with Crippen LogP contribution in [0.15, 0.2) is 24.3 Å². The predicted molar refractivity (Wildman–Crippen MR) is 66.9 cm³/mol.